The van der Waals surface area contributed by atoms with E-state index >= 15 is 0 Å². The first kappa shape index (κ1) is 16.4. The minimum atomic E-state index is -4.00. The van der Waals surface area contributed by atoms with Gasteiger partial charge in [0.05, 0.1) is 15.5 Å². The van der Waals surface area contributed by atoms with E-state index in [9.17, 15) is 21.2 Å². The van der Waals surface area contributed by atoms with Gasteiger partial charge in [-0.2, -0.15) is 0 Å². The van der Waals surface area contributed by atoms with Crippen LogP contribution in [0, 0.1) is 12.7 Å². The molecule has 8 heteroatoms. The van der Waals surface area contributed by atoms with Crippen LogP contribution in [0.4, 0.5) is 10.1 Å². The summed E-state index contributed by atoms with van der Waals surface area (Å²) in [5.74, 6) is -0.684. The van der Waals surface area contributed by atoms with Gasteiger partial charge in [0.15, 0.2) is 9.84 Å². The standard InChI is InChI=1S/C14H14FNO4S2/c1-10-3-8-14(13(15)9-10)16-22(19,20)12-6-4-11(5-7-12)21(2,17)18/h3-9,16H,1-2H3. The van der Waals surface area contributed by atoms with E-state index in [0.29, 0.717) is 5.56 Å². The Labute approximate surface area is 128 Å². The zero-order valence-corrected chi connectivity index (χ0v) is 13.5. The van der Waals surface area contributed by atoms with Gasteiger partial charge in [0.1, 0.15) is 5.82 Å². The second kappa shape index (κ2) is 5.69. The Morgan fingerprint density at radius 3 is 1.95 bits per heavy atom. The molecule has 0 saturated carbocycles. The van der Waals surface area contributed by atoms with Crippen molar-refractivity contribution in [2.45, 2.75) is 16.7 Å². The monoisotopic (exact) mass is 343 g/mol. The molecule has 0 aliphatic rings. The summed E-state index contributed by atoms with van der Waals surface area (Å²) in [6, 6.07) is 8.81. The van der Waals surface area contributed by atoms with Crippen molar-refractivity contribution in [2.75, 3.05) is 11.0 Å². The van der Waals surface area contributed by atoms with Crippen molar-refractivity contribution in [3.63, 3.8) is 0 Å². The smallest absolute Gasteiger partial charge is 0.261 e. The van der Waals surface area contributed by atoms with Crippen LogP contribution in [0.1, 0.15) is 5.56 Å². The fraction of sp³-hybridized carbons (Fsp3) is 0.143. The van der Waals surface area contributed by atoms with Crippen molar-refractivity contribution < 1.29 is 21.2 Å². The second-order valence-electron chi connectivity index (χ2n) is 4.83. The molecule has 0 aromatic heterocycles. The fourth-order valence-corrected chi connectivity index (χ4v) is 3.47. The Kier molecular flexibility index (Phi) is 4.25. The maximum atomic E-state index is 13.7. The van der Waals surface area contributed by atoms with E-state index in [1.54, 1.807) is 13.0 Å². The molecule has 2 aromatic rings. The lowest BCUT2D eigenvalue weighted by Gasteiger charge is -2.10. The number of sulfone groups is 1. The van der Waals surface area contributed by atoms with Crippen molar-refractivity contribution in [1.82, 2.24) is 0 Å². The topological polar surface area (TPSA) is 80.3 Å². The molecule has 0 heterocycles. The van der Waals surface area contributed by atoms with Gasteiger partial charge >= 0.3 is 0 Å². The third-order valence-corrected chi connectivity index (χ3v) is 5.44. The molecule has 0 aliphatic carbocycles. The van der Waals surface area contributed by atoms with E-state index in [0.717, 1.165) is 18.4 Å². The van der Waals surface area contributed by atoms with Crippen LogP contribution in [0.2, 0.25) is 0 Å². The molecule has 0 bridgehead atoms. The molecule has 1 N–H and O–H groups in total. The molecule has 0 aliphatic heterocycles. The number of anilines is 1. The quantitative estimate of drug-likeness (QED) is 0.924. The highest BCUT2D eigenvalue weighted by molar-refractivity contribution is 7.92. The van der Waals surface area contributed by atoms with Crippen LogP contribution in [0.15, 0.2) is 52.3 Å². The molecular weight excluding hydrogens is 329 g/mol. The van der Waals surface area contributed by atoms with Gasteiger partial charge in [-0.1, -0.05) is 6.07 Å². The SMILES string of the molecule is Cc1ccc(NS(=O)(=O)c2ccc(S(C)(=O)=O)cc2)c(F)c1. The molecule has 0 saturated heterocycles. The van der Waals surface area contributed by atoms with E-state index < -0.39 is 25.7 Å². The van der Waals surface area contributed by atoms with Crippen molar-refractivity contribution in [3.8, 4) is 0 Å². The molecule has 0 radical (unpaired) electrons. The third-order valence-electron chi connectivity index (χ3n) is 2.93. The maximum absolute atomic E-state index is 13.7. The number of hydrogen-bond acceptors (Lipinski definition) is 4. The molecule has 0 unspecified atom stereocenters. The highest BCUT2D eigenvalue weighted by Gasteiger charge is 2.17. The van der Waals surface area contributed by atoms with Gasteiger partial charge in [0.2, 0.25) is 0 Å². The predicted octanol–water partition coefficient (Wildman–Crippen LogP) is 2.34. The minimum Gasteiger partial charge on any atom is -0.277 e. The highest BCUT2D eigenvalue weighted by atomic mass is 32.2. The summed E-state index contributed by atoms with van der Waals surface area (Å²) in [5.41, 5.74) is 0.496. The molecule has 2 rings (SSSR count). The summed E-state index contributed by atoms with van der Waals surface area (Å²) >= 11 is 0. The summed E-state index contributed by atoms with van der Waals surface area (Å²) in [4.78, 5) is -0.146. The molecule has 0 fully saturated rings. The van der Waals surface area contributed by atoms with Crippen LogP contribution in [0.25, 0.3) is 0 Å². The summed E-state index contributed by atoms with van der Waals surface area (Å²) in [7, 11) is -7.41. The molecule has 0 amide bonds. The lowest BCUT2D eigenvalue weighted by molar-refractivity contribution is 0.596. The van der Waals surface area contributed by atoms with Crippen LogP contribution < -0.4 is 4.72 Å². The number of aryl methyl sites for hydroxylation is 1. The van der Waals surface area contributed by atoms with E-state index in [2.05, 4.69) is 4.72 Å². The van der Waals surface area contributed by atoms with Crippen LogP contribution in [0.5, 0.6) is 0 Å². The number of hydrogen-bond donors (Lipinski definition) is 1. The van der Waals surface area contributed by atoms with Crippen LogP contribution in [-0.2, 0) is 19.9 Å². The zero-order chi connectivity index (χ0) is 16.5. The number of sulfonamides is 1. The number of benzene rings is 2. The number of halogens is 1. The summed E-state index contributed by atoms with van der Waals surface area (Å²) < 4.78 is 62.9. The van der Waals surface area contributed by atoms with Gasteiger partial charge in [0.25, 0.3) is 10.0 Å². The summed E-state index contributed by atoms with van der Waals surface area (Å²) in [5, 5.41) is 0. The number of nitrogens with one attached hydrogen (secondary N) is 1. The van der Waals surface area contributed by atoms with Crippen LogP contribution in [0.3, 0.4) is 0 Å². The third kappa shape index (κ3) is 3.63. The van der Waals surface area contributed by atoms with Gasteiger partial charge in [-0.05, 0) is 48.9 Å². The van der Waals surface area contributed by atoms with Crippen LogP contribution >= 0.6 is 0 Å². The first-order valence-electron chi connectivity index (χ1n) is 6.19. The lowest BCUT2D eigenvalue weighted by atomic mass is 10.2. The Balaban J connectivity index is 2.34. The van der Waals surface area contributed by atoms with E-state index in [1.165, 1.54) is 24.3 Å². The largest absolute Gasteiger partial charge is 0.277 e. The Bertz CT molecular complexity index is 904. The van der Waals surface area contributed by atoms with Gasteiger partial charge in [0, 0.05) is 6.26 Å². The average Bonchev–Trinajstić information content (AvgIpc) is 2.41. The van der Waals surface area contributed by atoms with Gasteiger partial charge in [-0.3, -0.25) is 4.72 Å². The van der Waals surface area contributed by atoms with Crippen molar-refractivity contribution in [2.24, 2.45) is 0 Å². The van der Waals surface area contributed by atoms with Gasteiger partial charge in [-0.25, -0.2) is 21.2 Å². The van der Waals surface area contributed by atoms with Crippen LogP contribution in [-0.4, -0.2) is 23.1 Å². The Morgan fingerprint density at radius 1 is 0.909 bits per heavy atom. The predicted molar refractivity (Wildman–Crippen MR) is 81.5 cm³/mol. The normalized spacial score (nSPS) is 12.1. The summed E-state index contributed by atoms with van der Waals surface area (Å²) in [6.07, 6.45) is 1.02. The average molecular weight is 343 g/mol. The molecule has 0 spiro atoms. The second-order valence-corrected chi connectivity index (χ2v) is 8.53. The molecule has 5 nitrogen and oxygen atoms in total. The highest BCUT2D eigenvalue weighted by Crippen LogP contribution is 2.21. The molecule has 118 valence electrons. The molecule has 22 heavy (non-hydrogen) atoms. The van der Waals surface area contributed by atoms with E-state index in [4.69, 9.17) is 0 Å². The van der Waals surface area contributed by atoms with E-state index in [1.807, 2.05) is 0 Å². The maximum Gasteiger partial charge on any atom is 0.261 e. The molecular formula is C14H14FNO4S2. The molecule has 2 aromatic carbocycles. The van der Waals surface area contributed by atoms with E-state index in [-0.39, 0.29) is 15.5 Å². The van der Waals surface area contributed by atoms with Crippen molar-refractivity contribution >= 4 is 25.5 Å². The fourth-order valence-electron chi connectivity index (χ4n) is 1.77. The Hall–Kier alpha value is -1.93. The number of rotatable bonds is 4. The minimum absolute atomic E-state index is 0.00738. The van der Waals surface area contributed by atoms with Gasteiger partial charge in [-0.15, -0.1) is 0 Å². The molecule has 0 atom stereocenters. The first-order chi connectivity index (χ1) is 10.1. The van der Waals surface area contributed by atoms with Crippen molar-refractivity contribution in [3.05, 3.63) is 53.8 Å². The first-order valence-corrected chi connectivity index (χ1v) is 9.56. The van der Waals surface area contributed by atoms with Gasteiger partial charge < -0.3 is 0 Å². The van der Waals surface area contributed by atoms with Crippen molar-refractivity contribution in [1.29, 1.82) is 0 Å². The Morgan fingerprint density at radius 2 is 1.45 bits per heavy atom. The summed E-state index contributed by atoms with van der Waals surface area (Å²) in [6.45, 7) is 1.69. The lowest BCUT2D eigenvalue weighted by Crippen LogP contribution is -2.14. The zero-order valence-electron chi connectivity index (χ0n) is 11.9.